The summed E-state index contributed by atoms with van der Waals surface area (Å²) in [4.78, 5) is 20.0. The topological polar surface area (TPSA) is 103 Å². The summed E-state index contributed by atoms with van der Waals surface area (Å²) < 4.78 is 7.10. The smallest absolute Gasteiger partial charge is 0.169 e. The van der Waals surface area contributed by atoms with Crippen LogP contribution < -0.4 is 0 Å². The van der Waals surface area contributed by atoms with E-state index in [-0.39, 0.29) is 24.2 Å². The number of fused-ring (bicyclic) bond motifs is 2. The molecule has 2 aromatic rings. The molecule has 2 spiro atoms. The van der Waals surface area contributed by atoms with Crippen LogP contribution in [0.15, 0.2) is 60.0 Å². The van der Waals surface area contributed by atoms with Crippen molar-refractivity contribution in [3.05, 3.63) is 65.5 Å². The summed E-state index contributed by atoms with van der Waals surface area (Å²) in [5, 5.41) is 36.2. The molecule has 8 atom stereocenters. The van der Waals surface area contributed by atoms with Crippen molar-refractivity contribution in [2.45, 2.75) is 74.1 Å². The second-order valence-electron chi connectivity index (χ2n) is 12.4. The molecule has 3 fully saturated rings. The number of ketones is 1. The van der Waals surface area contributed by atoms with Crippen LogP contribution in [0, 0.1) is 11.3 Å². The van der Waals surface area contributed by atoms with E-state index in [1.54, 1.807) is 12.4 Å². The minimum absolute atomic E-state index is 0.170. The quantitative estimate of drug-likeness (QED) is 0.580. The number of nitrogens with zero attached hydrogens (tertiary/aromatic N) is 2. The van der Waals surface area contributed by atoms with Gasteiger partial charge in [-0.05, 0) is 74.0 Å². The van der Waals surface area contributed by atoms with Crippen molar-refractivity contribution >= 4 is 16.6 Å². The molecule has 5 aliphatic rings. The van der Waals surface area contributed by atoms with E-state index in [0.717, 1.165) is 21.9 Å². The van der Waals surface area contributed by atoms with Crippen LogP contribution in [-0.2, 0) is 15.1 Å². The second-order valence-corrected chi connectivity index (χ2v) is 12.4. The standard InChI is InChI=1S/C30H34N2O5/c1-27-8-6-19-13-21-25(34)26(35)22(32(2)3)15-28(21)9-10-29(19,37-28)23(27)14-24(33)30(27,36)20-5-4-17-7-11-31-16-18(17)12-20/h4-7,11-13,16,22-23,25-26,34-36H,8-10,14-15H2,1-3H3/t22-,23+,25+,26+,27-,28+,29+,30+/m0/s1. The summed E-state index contributed by atoms with van der Waals surface area (Å²) in [6.07, 6.45) is 8.51. The Bertz CT molecular complexity index is 1400. The van der Waals surface area contributed by atoms with Crippen molar-refractivity contribution in [3.8, 4) is 0 Å². The first kappa shape index (κ1) is 23.7. The Balaban J connectivity index is 1.35. The van der Waals surface area contributed by atoms with Gasteiger partial charge in [0.25, 0.3) is 0 Å². The lowest BCUT2D eigenvalue weighted by molar-refractivity contribution is -0.182. The van der Waals surface area contributed by atoms with Crippen LogP contribution in [0.1, 0.15) is 44.6 Å². The van der Waals surface area contributed by atoms with E-state index in [4.69, 9.17) is 4.74 Å². The number of aliphatic hydroxyl groups excluding tert-OH is 2. The SMILES string of the molecule is CN(C)[C@H]1C[C@@]23CC[C@@]4(O2)C(=CC[C@@]2(C)[C@H]4CC(=O)[C@]2(O)c2ccc4ccncc4c2)C=C3[C@@H](O)[C@@H]1O. The van der Waals surface area contributed by atoms with Gasteiger partial charge in [-0.1, -0.05) is 31.2 Å². The fourth-order valence-electron chi connectivity index (χ4n) is 8.52. The third-order valence-corrected chi connectivity index (χ3v) is 10.6. The summed E-state index contributed by atoms with van der Waals surface area (Å²) in [6.45, 7) is 2.04. The molecule has 0 amide bonds. The van der Waals surface area contributed by atoms with Gasteiger partial charge in [0, 0.05) is 41.6 Å². The number of likely N-dealkylation sites (N-methyl/N-ethyl adjacent to an activating group) is 1. The van der Waals surface area contributed by atoms with Crippen LogP contribution in [0.2, 0.25) is 0 Å². The number of carbonyl (C=O) groups is 1. The highest BCUT2D eigenvalue weighted by Gasteiger charge is 2.73. The molecule has 0 radical (unpaired) electrons. The normalized spacial score (nSPS) is 44.4. The number of hydrogen-bond acceptors (Lipinski definition) is 7. The van der Waals surface area contributed by atoms with Crippen molar-refractivity contribution in [1.29, 1.82) is 0 Å². The molecule has 1 aromatic carbocycles. The summed E-state index contributed by atoms with van der Waals surface area (Å²) in [7, 11) is 3.83. The van der Waals surface area contributed by atoms with Gasteiger partial charge in [0.05, 0.1) is 17.3 Å². The second kappa shape index (κ2) is 7.36. The Hall–Kier alpha value is -2.42. The number of Topliss-reactive ketones (excluding diaryl/α,β-unsaturated/α-hetero) is 1. The number of rotatable bonds is 2. The third kappa shape index (κ3) is 2.74. The summed E-state index contributed by atoms with van der Waals surface area (Å²) in [5.74, 6) is -0.377. The van der Waals surface area contributed by atoms with Crippen molar-refractivity contribution in [3.63, 3.8) is 0 Å². The van der Waals surface area contributed by atoms with Gasteiger partial charge in [0.15, 0.2) is 11.4 Å². The van der Waals surface area contributed by atoms with Gasteiger partial charge < -0.3 is 25.0 Å². The van der Waals surface area contributed by atoms with Gasteiger partial charge in [-0.3, -0.25) is 9.78 Å². The molecule has 7 heteroatoms. The molecule has 0 unspecified atom stereocenters. The van der Waals surface area contributed by atoms with E-state index in [0.29, 0.717) is 31.2 Å². The molecule has 7 nitrogen and oxygen atoms in total. The van der Waals surface area contributed by atoms with E-state index in [2.05, 4.69) is 11.1 Å². The number of carbonyl (C=O) groups excluding carboxylic acids is 1. The largest absolute Gasteiger partial charge is 0.388 e. The molecule has 3 N–H and O–H groups in total. The molecule has 37 heavy (non-hydrogen) atoms. The van der Waals surface area contributed by atoms with Crippen molar-refractivity contribution < 1.29 is 24.9 Å². The lowest BCUT2D eigenvalue weighted by Crippen LogP contribution is -2.62. The third-order valence-electron chi connectivity index (χ3n) is 10.6. The number of aliphatic hydroxyl groups is 3. The zero-order chi connectivity index (χ0) is 26.0. The molecule has 2 saturated carbocycles. The Kier molecular flexibility index (Phi) is 4.71. The first-order chi connectivity index (χ1) is 17.6. The molecular formula is C30H34N2O5. The number of pyridine rings is 1. The highest BCUT2D eigenvalue weighted by atomic mass is 16.5. The lowest BCUT2D eigenvalue weighted by Gasteiger charge is -2.56. The first-order valence-corrected chi connectivity index (χ1v) is 13.3. The van der Waals surface area contributed by atoms with Crippen LogP contribution in [0.3, 0.4) is 0 Å². The summed E-state index contributed by atoms with van der Waals surface area (Å²) in [6, 6.07) is 7.41. The van der Waals surface area contributed by atoms with E-state index in [9.17, 15) is 20.1 Å². The van der Waals surface area contributed by atoms with Gasteiger partial charge in [0.2, 0.25) is 0 Å². The molecule has 2 bridgehead atoms. The predicted octanol–water partition coefficient (Wildman–Crippen LogP) is 2.63. The molecular weight excluding hydrogens is 468 g/mol. The van der Waals surface area contributed by atoms with Crippen molar-refractivity contribution in [2.75, 3.05) is 14.1 Å². The van der Waals surface area contributed by atoms with E-state index >= 15 is 0 Å². The van der Waals surface area contributed by atoms with Crippen LogP contribution in [0.4, 0.5) is 0 Å². The van der Waals surface area contributed by atoms with E-state index in [1.165, 1.54) is 0 Å². The molecule has 1 aromatic heterocycles. The maximum Gasteiger partial charge on any atom is 0.169 e. The molecule has 2 aliphatic heterocycles. The number of ether oxygens (including phenoxy) is 1. The zero-order valence-corrected chi connectivity index (χ0v) is 21.5. The van der Waals surface area contributed by atoms with Crippen molar-refractivity contribution in [1.82, 2.24) is 9.88 Å². The monoisotopic (exact) mass is 502 g/mol. The number of benzene rings is 1. The molecule has 3 aliphatic carbocycles. The van der Waals surface area contributed by atoms with Gasteiger partial charge in [-0.2, -0.15) is 0 Å². The Morgan fingerprint density at radius 1 is 1.14 bits per heavy atom. The lowest BCUT2D eigenvalue weighted by atomic mass is 9.56. The molecule has 7 rings (SSSR count). The molecule has 1 saturated heterocycles. The Morgan fingerprint density at radius 2 is 1.95 bits per heavy atom. The van der Waals surface area contributed by atoms with Crippen LogP contribution in [0.25, 0.3) is 10.8 Å². The van der Waals surface area contributed by atoms with Gasteiger partial charge >= 0.3 is 0 Å². The number of aromatic nitrogens is 1. The fourth-order valence-corrected chi connectivity index (χ4v) is 8.52. The Morgan fingerprint density at radius 3 is 2.73 bits per heavy atom. The minimum Gasteiger partial charge on any atom is -0.388 e. The van der Waals surface area contributed by atoms with Crippen molar-refractivity contribution in [2.24, 2.45) is 11.3 Å². The first-order valence-electron chi connectivity index (χ1n) is 13.3. The minimum atomic E-state index is -1.64. The highest BCUT2D eigenvalue weighted by molar-refractivity contribution is 5.94. The zero-order valence-electron chi connectivity index (χ0n) is 21.5. The van der Waals surface area contributed by atoms with Gasteiger partial charge in [0.1, 0.15) is 6.10 Å². The Labute approximate surface area is 216 Å². The summed E-state index contributed by atoms with van der Waals surface area (Å²) >= 11 is 0. The molecule has 194 valence electrons. The number of allylic oxidation sites excluding steroid dienone is 1. The van der Waals surface area contributed by atoms with Gasteiger partial charge in [-0.25, -0.2) is 0 Å². The van der Waals surface area contributed by atoms with E-state index < -0.39 is 34.4 Å². The van der Waals surface area contributed by atoms with Gasteiger partial charge in [-0.15, -0.1) is 0 Å². The number of hydrogen-bond donors (Lipinski definition) is 3. The predicted molar refractivity (Wildman–Crippen MR) is 138 cm³/mol. The average Bonchev–Trinajstić information content (AvgIpc) is 3.31. The van der Waals surface area contributed by atoms with E-state index in [1.807, 2.05) is 56.3 Å². The van der Waals surface area contributed by atoms with Crippen LogP contribution >= 0.6 is 0 Å². The highest BCUT2D eigenvalue weighted by Crippen LogP contribution is 2.69. The molecule has 3 heterocycles. The van der Waals surface area contributed by atoms with Crippen LogP contribution in [-0.4, -0.2) is 74.5 Å². The fraction of sp³-hybridized carbons (Fsp3) is 0.533. The summed E-state index contributed by atoms with van der Waals surface area (Å²) in [5.41, 5.74) is -1.44. The van der Waals surface area contributed by atoms with Crippen LogP contribution in [0.5, 0.6) is 0 Å². The maximum atomic E-state index is 13.8. The average molecular weight is 503 g/mol. The maximum absolute atomic E-state index is 13.8.